The molecule has 4 heterocycles. The number of alkyl halides is 3. The second kappa shape index (κ2) is 10.9. The van der Waals surface area contributed by atoms with Crippen molar-refractivity contribution in [3.63, 3.8) is 0 Å². The molecule has 3 aliphatic rings. The number of hydrogen-bond donors (Lipinski definition) is 1. The Morgan fingerprint density at radius 2 is 1.74 bits per heavy atom. The van der Waals surface area contributed by atoms with E-state index in [4.69, 9.17) is 21.3 Å². The molecule has 0 unspecified atom stereocenters. The first-order valence-electron chi connectivity index (χ1n) is 12.4. The SMILES string of the molecule is O=C(Nc1ccccc1C(F)(F)F)ON1CCC2(CC1)CC(C(=O)N1CCN(c3ncccc3Cl)CC1)=NO2. The zero-order valence-electron chi connectivity index (χ0n) is 20.8. The summed E-state index contributed by atoms with van der Waals surface area (Å²) in [5, 5.41) is 8.17. The lowest BCUT2D eigenvalue weighted by atomic mass is 9.87. The van der Waals surface area contributed by atoms with Crippen molar-refractivity contribution >= 4 is 40.8 Å². The number of carbonyl (C=O) groups excluding carboxylic acids is 2. The highest BCUT2D eigenvalue weighted by Gasteiger charge is 2.45. The number of pyridine rings is 1. The van der Waals surface area contributed by atoms with Gasteiger partial charge in [0, 0.05) is 64.7 Å². The van der Waals surface area contributed by atoms with Gasteiger partial charge in [-0.05, 0) is 24.3 Å². The van der Waals surface area contributed by atoms with Crippen LogP contribution in [-0.2, 0) is 20.6 Å². The number of rotatable bonds is 4. The number of hydrogen-bond acceptors (Lipinski definition) is 8. The number of piperidine rings is 1. The summed E-state index contributed by atoms with van der Waals surface area (Å²) in [4.78, 5) is 44.4. The summed E-state index contributed by atoms with van der Waals surface area (Å²) in [6.45, 7) is 2.70. The molecule has 2 aromatic rings. The van der Waals surface area contributed by atoms with E-state index < -0.39 is 23.4 Å². The molecule has 39 heavy (non-hydrogen) atoms. The first kappa shape index (κ1) is 27.0. The molecule has 0 radical (unpaired) electrons. The molecule has 2 amide bonds. The Labute approximate surface area is 227 Å². The Balaban J connectivity index is 1.09. The topological polar surface area (TPSA) is 99.6 Å². The van der Waals surface area contributed by atoms with Crippen molar-refractivity contribution in [3.05, 3.63) is 53.2 Å². The van der Waals surface area contributed by atoms with Gasteiger partial charge in [0.2, 0.25) is 0 Å². The van der Waals surface area contributed by atoms with Crippen LogP contribution in [-0.4, -0.2) is 77.5 Å². The summed E-state index contributed by atoms with van der Waals surface area (Å²) in [6, 6.07) is 8.22. The first-order chi connectivity index (χ1) is 18.6. The number of benzene rings is 1. The number of amides is 2. The summed E-state index contributed by atoms with van der Waals surface area (Å²) in [7, 11) is 0. The van der Waals surface area contributed by atoms with Crippen LogP contribution in [0.4, 0.5) is 29.5 Å². The molecule has 208 valence electrons. The number of carbonyl (C=O) groups is 2. The van der Waals surface area contributed by atoms with E-state index in [1.807, 2.05) is 4.90 Å². The number of oxime groups is 1. The minimum Gasteiger partial charge on any atom is -0.388 e. The first-order valence-corrected chi connectivity index (χ1v) is 12.8. The van der Waals surface area contributed by atoms with E-state index in [1.54, 1.807) is 23.2 Å². The minimum atomic E-state index is -4.61. The highest BCUT2D eigenvalue weighted by molar-refractivity contribution is 6.39. The molecule has 5 rings (SSSR count). The molecule has 0 saturated carbocycles. The number of para-hydroxylation sites is 1. The lowest BCUT2D eigenvalue weighted by Gasteiger charge is -2.36. The zero-order valence-corrected chi connectivity index (χ0v) is 21.5. The fraction of sp³-hybridized carbons (Fsp3) is 0.440. The summed E-state index contributed by atoms with van der Waals surface area (Å²) in [5.41, 5.74) is -1.69. The Morgan fingerprint density at radius 3 is 2.44 bits per heavy atom. The van der Waals surface area contributed by atoms with Gasteiger partial charge >= 0.3 is 12.3 Å². The van der Waals surface area contributed by atoms with E-state index in [-0.39, 0.29) is 24.7 Å². The Bertz CT molecular complexity index is 1260. The third-order valence-electron chi connectivity index (χ3n) is 7.01. The predicted molar refractivity (Wildman–Crippen MR) is 136 cm³/mol. The molecule has 2 saturated heterocycles. The standard InChI is InChI=1S/C25H26ClF3N6O4/c26-18-5-3-9-30-21(18)33-12-14-34(15-13-33)22(36)20-16-24(39-32-20)7-10-35(11-8-24)38-23(37)31-19-6-2-1-4-17(19)25(27,28)29/h1-6,9H,7-8,10-16H2,(H,31,37). The highest BCUT2D eigenvalue weighted by Crippen LogP contribution is 2.36. The third kappa shape index (κ3) is 6.04. The molecule has 2 fully saturated rings. The molecule has 1 N–H and O–H groups in total. The Hall–Kier alpha value is -3.58. The van der Waals surface area contributed by atoms with Gasteiger partial charge in [-0.1, -0.05) is 28.9 Å². The van der Waals surface area contributed by atoms with Crippen LogP contribution in [0.1, 0.15) is 24.8 Å². The Morgan fingerprint density at radius 1 is 1.03 bits per heavy atom. The molecule has 0 atom stereocenters. The molecule has 1 aromatic heterocycles. The number of anilines is 2. The number of aromatic nitrogens is 1. The van der Waals surface area contributed by atoms with Gasteiger partial charge in [0.25, 0.3) is 5.91 Å². The largest absolute Gasteiger partial charge is 0.430 e. The summed E-state index contributed by atoms with van der Waals surface area (Å²) in [6.07, 6.45) is -2.78. The number of nitrogens with one attached hydrogen (secondary N) is 1. The van der Waals surface area contributed by atoms with Gasteiger partial charge in [0.05, 0.1) is 16.3 Å². The van der Waals surface area contributed by atoms with E-state index in [0.717, 1.165) is 12.1 Å². The fourth-order valence-corrected chi connectivity index (χ4v) is 5.13. The molecule has 14 heteroatoms. The van der Waals surface area contributed by atoms with Crippen LogP contribution in [0, 0.1) is 0 Å². The smallest absolute Gasteiger partial charge is 0.388 e. The van der Waals surface area contributed by atoms with E-state index in [0.29, 0.717) is 62.0 Å². The number of nitrogens with zero attached hydrogens (tertiary/aromatic N) is 5. The van der Waals surface area contributed by atoms with Gasteiger partial charge in [-0.15, -0.1) is 5.06 Å². The van der Waals surface area contributed by atoms with Crippen molar-refractivity contribution in [2.24, 2.45) is 5.16 Å². The van der Waals surface area contributed by atoms with Crippen molar-refractivity contribution < 1.29 is 32.4 Å². The quantitative estimate of drug-likeness (QED) is 0.593. The van der Waals surface area contributed by atoms with Gasteiger partial charge in [-0.2, -0.15) is 13.2 Å². The molecule has 0 bridgehead atoms. The van der Waals surface area contributed by atoms with Crippen LogP contribution < -0.4 is 10.2 Å². The predicted octanol–water partition coefficient (Wildman–Crippen LogP) is 4.18. The van der Waals surface area contributed by atoms with Gasteiger partial charge in [0.1, 0.15) is 17.1 Å². The van der Waals surface area contributed by atoms with Crippen LogP contribution in [0.25, 0.3) is 0 Å². The monoisotopic (exact) mass is 566 g/mol. The molecular weight excluding hydrogens is 541 g/mol. The van der Waals surface area contributed by atoms with E-state index in [1.165, 1.54) is 17.2 Å². The average Bonchev–Trinajstić information content (AvgIpc) is 3.33. The summed E-state index contributed by atoms with van der Waals surface area (Å²) < 4.78 is 39.5. The number of halogens is 4. The van der Waals surface area contributed by atoms with Crippen molar-refractivity contribution in [2.75, 3.05) is 49.5 Å². The van der Waals surface area contributed by atoms with Crippen molar-refractivity contribution in [2.45, 2.75) is 31.0 Å². The van der Waals surface area contributed by atoms with Gasteiger partial charge in [0.15, 0.2) is 0 Å². The van der Waals surface area contributed by atoms with Gasteiger partial charge < -0.3 is 19.5 Å². The van der Waals surface area contributed by atoms with Crippen LogP contribution in [0.15, 0.2) is 47.8 Å². The second-order valence-electron chi connectivity index (χ2n) is 9.55. The molecule has 1 spiro atoms. The van der Waals surface area contributed by atoms with Crippen LogP contribution >= 0.6 is 11.6 Å². The molecule has 0 aliphatic carbocycles. The van der Waals surface area contributed by atoms with Crippen LogP contribution in [0.2, 0.25) is 5.02 Å². The molecule has 3 aliphatic heterocycles. The van der Waals surface area contributed by atoms with E-state index >= 15 is 0 Å². The maximum Gasteiger partial charge on any atom is 0.430 e. The summed E-state index contributed by atoms with van der Waals surface area (Å²) in [5.74, 6) is 0.513. The maximum atomic E-state index is 13.2. The fourth-order valence-electron chi connectivity index (χ4n) is 4.89. The lowest BCUT2D eigenvalue weighted by molar-refractivity contribution is -0.154. The maximum absolute atomic E-state index is 13.2. The normalized spacial score (nSPS) is 19.4. The second-order valence-corrected chi connectivity index (χ2v) is 9.96. The zero-order chi connectivity index (χ0) is 27.6. The summed E-state index contributed by atoms with van der Waals surface area (Å²) >= 11 is 6.24. The number of hydroxylamine groups is 2. The molecule has 1 aromatic carbocycles. The highest BCUT2D eigenvalue weighted by atomic mass is 35.5. The third-order valence-corrected chi connectivity index (χ3v) is 7.30. The molecular formula is C25H26ClF3N6O4. The van der Waals surface area contributed by atoms with Gasteiger partial charge in [-0.3, -0.25) is 10.1 Å². The van der Waals surface area contributed by atoms with Crippen molar-refractivity contribution in [1.82, 2.24) is 14.9 Å². The van der Waals surface area contributed by atoms with E-state index in [2.05, 4.69) is 15.5 Å². The lowest BCUT2D eigenvalue weighted by Crippen LogP contribution is -2.51. The van der Waals surface area contributed by atoms with Crippen LogP contribution in [0.5, 0.6) is 0 Å². The van der Waals surface area contributed by atoms with Crippen molar-refractivity contribution in [3.8, 4) is 0 Å². The number of piperazine rings is 1. The molecule has 10 nitrogen and oxygen atoms in total. The van der Waals surface area contributed by atoms with Crippen molar-refractivity contribution in [1.29, 1.82) is 0 Å². The minimum absolute atomic E-state index is 0.181. The van der Waals surface area contributed by atoms with Gasteiger partial charge in [-0.25, -0.2) is 9.78 Å². The average molecular weight is 567 g/mol. The van der Waals surface area contributed by atoms with E-state index in [9.17, 15) is 22.8 Å². The Kier molecular flexibility index (Phi) is 7.54. The van der Waals surface area contributed by atoms with Crippen LogP contribution in [0.3, 0.4) is 0 Å².